The van der Waals surface area contributed by atoms with E-state index < -0.39 is 0 Å². The van der Waals surface area contributed by atoms with Gasteiger partial charge in [-0.05, 0) is 0 Å². The Labute approximate surface area is 59.5 Å². The molecule has 2 unspecified atom stereocenters. The van der Waals surface area contributed by atoms with Crippen LogP contribution in [0.3, 0.4) is 0 Å². The molecular formula is C6H12N2O2. The predicted octanol–water partition coefficient (Wildman–Crippen LogP) is -1.56. The number of fused-ring (bicyclic) bond motifs is 1. The minimum absolute atomic E-state index is 0.0264. The molecule has 0 spiro atoms. The van der Waals surface area contributed by atoms with Crippen LogP contribution in [0.5, 0.6) is 0 Å². The summed E-state index contributed by atoms with van der Waals surface area (Å²) < 4.78 is 10.7. The number of hydrogen-bond acceptors (Lipinski definition) is 4. The molecule has 4 heteroatoms. The Bertz CT molecular complexity index is 126. The highest BCUT2D eigenvalue weighted by molar-refractivity contribution is 4.97. The number of nitrogens with two attached hydrogens (primary N) is 2. The molecule has 4 N–H and O–H groups in total. The first-order valence-electron chi connectivity index (χ1n) is 3.53. The Morgan fingerprint density at radius 1 is 0.900 bits per heavy atom. The predicted molar refractivity (Wildman–Crippen MR) is 35.4 cm³/mol. The second-order valence-electron chi connectivity index (χ2n) is 2.92. The molecule has 2 rings (SSSR count). The zero-order valence-corrected chi connectivity index (χ0v) is 5.69. The number of hydrogen-bond donors (Lipinski definition) is 2. The van der Waals surface area contributed by atoms with Gasteiger partial charge in [0.05, 0.1) is 25.3 Å². The molecule has 2 saturated heterocycles. The second-order valence-corrected chi connectivity index (χ2v) is 2.92. The van der Waals surface area contributed by atoms with E-state index >= 15 is 0 Å². The van der Waals surface area contributed by atoms with Crippen LogP contribution in [-0.2, 0) is 9.47 Å². The molecule has 0 radical (unpaired) electrons. The number of ether oxygens (including phenoxy) is 2. The lowest BCUT2D eigenvalue weighted by Crippen LogP contribution is -2.39. The Balaban J connectivity index is 2.09. The summed E-state index contributed by atoms with van der Waals surface area (Å²) in [5.41, 5.74) is 11.4. The highest BCUT2D eigenvalue weighted by Gasteiger charge is 2.44. The topological polar surface area (TPSA) is 70.5 Å². The highest BCUT2D eigenvalue weighted by Crippen LogP contribution is 2.24. The van der Waals surface area contributed by atoms with Crippen LogP contribution < -0.4 is 11.5 Å². The minimum atomic E-state index is 0.0264. The molecule has 0 bridgehead atoms. The van der Waals surface area contributed by atoms with Gasteiger partial charge in [-0.1, -0.05) is 0 Å². The van der Waals surface area contributed by atoms with Crippen molar-refractivity contribution in [3.05, 3.63) is 0 Å². The lowest BCUT2D eigenvalue weighted by atomic mass is 10.1. The molecule has 0 amide bonds. The van der Waals surface area contributed by atoms with Crippen LogP contribution in [-0.4, -0.2) is 37.5 Å². The van der Waals surface area contributed by atoms with E-state index in [9.17, 15) is 0 Å². The summed E-state index contributed by atoms with van der Waals surface area (Å²) in [6, 6.07) is 0.0529. The van der Waals surface area contributed by atoms with Crippen LogP contribution in [0, 0.1) is 0 Å². The minimum Gasteiger partial charge on any atom is -0.372 e. The molecule has 2 aliphatic heterocycles. The van der Waals surface area contributed by atoms with Crippen LogP contribution in [0.15, 0.2) is 0 Å². The van der Waals surface area contributed by atoms with Gasteiger partial charge in [0.1, 0.15) is 12.2 Å². The van der Waals surface area contributed by atoms with E-state index in [0.717, 1.165) is 0 Å². The molecular weight excluding hydrogens is 132 g/mol. The summed E-state index contributed by atoms with van der Waals surface area (Å²) in [6.45, 7) is 1.17. The Kier molecular flexibility index (Phi) is 1.42. The molecule has 0 saturated carbocycles. The highest BCUT2D eigenvalue weighted by atomic mass is 16.6. The standard InChI is InChI=1S/C6H12N2O2/c7-3-1-9-6-4(8)2-10-5(3)6/h3-6H,1-2,7-8H2/t3-,4-,5?,6?/m1/s1. The van der Waals surface area contributed by atoms with Crippen molar-refractivity contribution in [3.63, 3.8) is 0 Å². The normalized spacial score (nSPS) is 53.4. The fourth-order valence-electron chi connectivity index (χ4n) is 1.56. The van der Waals surface area contributed by atoms with Gasteiger partial charge in [-0.3, -0.25) is 0 Å². The van der Waals surface area contributed by atoms with Crippen molar-refractivity contribution in [2.24, 2.45) is 11.5 Å². The molecule has 0 aromatic carbocycles. The average molecular weight is 144 g/mol. The summed E-state index contributed by atoms with van der Waals surface area (Å²) in [6.07, 6.45) is 0.102. The van der Waals surface area contributed by atoms with Crippen molar-refractivity contribution < 1.29 is 9.47 Å². The van der Waals surface area contributed by atoms with Crippen molar-refractivity contribution in [1.82, 2.24) is 0 Å². The molecule has 2 fully saturated rings. The summed E-state index contributed by atoms with van der Waals surface area (Å²) in [7, 11) is 0. The maximum Gasteiger partial charge on any atom is 0.103 e. The van der Waals surface area contributed by atoms with Gasteiger partial charge >= 0.3 is 0 Å². The van der Waals surface area contributed by atoms with E-state index in [-0.39, 0.29) is 24.3 Å². The Morgan fingerprint density at radius 2 is 1.30 bits per heavy atom. The van der Waals surface area contributed by atoms with E-state index in [1.54, 1.807) is 0 Å². The van der Waals surface area contributed by atoms with Crippen molar-refractivity contribution >= 4 is 0 Å². The van der Waals surface area contributed by atoms with E-state index in [0.29, 0.717) is 13.2 Å². The molecule has 4 nitrogen and oxygen atoms in total. The van der Waals surface area contributed by atoms with E-state index in [2.05, 4.69) is 0 Å². The van der Waals surface area contributed by atoms with Gasteiger partial charge in [-0.2, -0.15) is 0 Å². The molecule has 2 aliphatic rings. The van der Waals surface area contributed by atoms with E-state index in [1.165, 1.54) is 0 Å². The average Bonchev–Trinajstić information content (AvgIpc) is 2.41. The van der Waals surface area contributed by atoms with Crippen LogP contribution in [0.2, 0.25) is 0 Å². The lowest BCUT2D eigenvalue weighted by Gasteiger charge is -2.10. The molecule has 0 aromatic rings. The Hall–Kier alpha value is -0.160. The van der Waals surface area contributed by atoms with Crippen molar-refractivity contribution in [1.29, 1.82) is 0 Å². The molecule has 58 valence electrons. The van der Waals surface area contributed by atoms with Crippen LogP contribution >= 0.6 is 0 Å². The molecule has 4 atom stereocenters. The monoisotopic (exact) mass is 144 g/mol. The third-order valence-electron chi connectivity index (χ3n) is 2.13. The van der Waals surface area contributed by atoms with Gasteiger partial charge in [0.15, 0.2) is 0 Å². The van der Waals surface area contributed by atoms with Crippen molar-refractivity contribution in [3.8, 4) is 0 Å². The zero-order valence-electron chi connectivity index (χ0n) is 5.69. The maximum absolute atomic E-state index is 5.68. The summed E-state index contributed by atoms with van der Waals surface area (Å²) in [5.74, 6) is 0. The molecule has 10 heavy (non-hydrogen) atoms. The molecule has 0 aliphatic carbocycles. The first kappa shape index (κ1) is 6.54. The van der Waals surface area contributed by atoms with Gasteiger partial charge in [0.2, 0.25) is 0 Å². The van der Waals surface area contributed by atoms with Crippen LogP contribution in [0.4, 0.5) is 0 Å². The smallest absolute Gasteiger partial charge is 0.103 e. The zero-order chi connectivity index (χ0) is 7.14. The van der Waals surface area contributed by atoms with Crippen molar-refractivity contribution in [2.45, 2.75) is 24.3 Å². The summed E-state index contributed by atoms with van der Waals surface area (Å²) >= 11 is 0. The van der Waals surface area contributed by atoms with Crippen LogP contribution in [0.25, 0.3) is 0 Å². The van der Waals surface area contributed by atoms with Gasteiger partial charge in [-0.25, -0.2) is 0 Å². The van der Waals surface area contributed by atoms with Gasteiger partial charge < -0.3 is 20.9 Å². The third-order valence-corrected chi connectivity index (χ3v) is 2.13. The van der Waals surface area contributed by atoms with Gasteiger partial charge in [0.25, 0.3) is 0 Å². The van der Waals surface area contributed by atoms with Gasteiger partial charge in [0, 0.05) is 0 Å². The fourth-order valence-corrected chi connectivity index (χ4v) is 1.56. The van der Waals surface area contributed by atoms with Gasteiger partial charge in [-0.15, -0.1) is 0 Å². The quantitative estimate of drug-likeness (QED) is 0.431. The van der Waals surface area contributed by atoms with E-state index in [4.69, 9.17) is 20.9 Å². The Morgan fingerprint density at radius 3 is 1.70 bits per heavy atom. The maximum atomic E-state index is 5.68. The summed E-state index contributed by atoms with van der Waals surface area (Å²) in [4.78, 5) is 0. The largest absolute Gasteiger partial charge is 0.372 e. The van der Waals surface area contributed by atoms with E-state index in [1.807, 2.05) is 0 Å². The number of rotatable bonds is 0. The first-order valence-corrected chi connectivity index (χ1v) is 3.53. The summed E-state index contributed by atoms with van der Waals surface area (Å²) in [5, 5.41) is 0. The second kappa shape index (κ2) is 2.17. The fraction of sp³-hybridized carbons (Fsp3) is 1.00. The molecule has 2 heterocycles. The lowest BCUT2D eigenvalue weighted by molar-refractivity contribution is 0.0691. The molecule has 0 aromatic heterocycles. The first-order chi connectivity index (χ1) is 4.79. The van der Waals surface area contributed by atoms with Crippen LogP contribution in [0.1, 0.15) is 0 Å². The van der Waals surface area contributed by atoms with Crippen molar-refractivity contribution in [2.75, 3.05) is 13.2 Å². The third kappa shape index (κ3) is 0.769. The SMILES string of the molecule is N[C@@H]1COC2C1OC[C@H]2N.